The Morgan fingerprint density at radius 1 is 0.531 bits per heavy atom. The summed E-state index contributed by atoms with van der Waals surface area (Å²) in [6, 6.07) is 42.0. The summed E-state index contributed by atoms with van der Waals surface area (Å²) < 4.78 is 26.0. The third-order valence-electron chi connectivity index (χ3n) is 10.7. The Balaban J connectivity index is 1.30. The van der Waals surface area contributed by atoms with Crippen molar-refractivity contribution in [3.8, 4) is 22.4 Å². The van der Waals surface area contributed by atoms with Gasteiger partial charge in [0.2, 0.25) is 0 Å². The molecule has 4 heterocycles. The highest BCUT2D eigenvalue weighted by atomic mass is 16.7. The van der Waals surface area contributed by atoms with Gasteiger partial charge in [-0.3, -0.25) is 0 Å². The maximum absolute atomic E-state index is 6.67. The fourth-order valence-corrected chi connectivity index (χ4v) is 7.53. The van der Waals surface area contributed by atoms with Crippen molar-refractivity contribution in [3.63, 3.8) is 0 Å². The summed E-state index contributed by atoms with van der Waals surface area (Å²) in [5.41, 5.74) is 8.44. The summed E-state index contributed by atoms with van der Waals surface area (Å²) in [6.45, 7) is 8.31. The van der Waals surface area contributed by atoms with Gasteiger partial charge in [-0.05, 0) is 57.4 Å². The van der Waals surface area contributed by atoms with Crippen LogP contribution in [0.4, 0.5) is 0 Å². The first-order chi connectivity index (χ1) is 23.8. The molecule has 6 heteroatoms. The number of pyridine rings is 1. The highest BCUT2D eigenvalue weighted by molar-refractivity contribution is 6.62. The average molecular weight is 638 g/mol. The lowest BCUT2D eigenvalue weighted by Crippen LogP contribution is -2.41. The zero-order valence-corrected chi connectivity index (χ0v) is 27.7. The Bertz CT molecular complexity index is 2770. The number of hydrogen-bond donors (Lipinski definition) is 0. The molecule has 1 saturated heterocycles. The van der Waals surface area contributed by atoms with E-state index < -0.39 is 18.3 Å². The van der Waals surface area contributed by atoms with E-state index in [1.165, 1.54) is 0 Å². The third-order valence-corrected chi connectivity index (χ3v) is 10.7. The van der Waals surface area contributed by atoms with E-state index in [1.54, 1.807) is 0 Å². The van der Waals surface area contributed by atoms with Crippen molar-refractivity contribution in [2.75, 3.05) is 0 Å². The number of benzene rings is 6. The normalized spacial score (nSPS) is 15.9. The molecule has 5 nitrogen and oxygen atoms in total. The van der Waals surface area contributed by atoms with Gasteiger partial charge in [0, 0.05) is 54.4 Å². The second kappa shape index (κ2) is 10.0. The summed E-state index contributed by atoms with van der Waals surface area (Å²) in [4.78, 5) is 5.31. The smallest absolute Gasteiger partial charge is 0.456 e. The van der Waals surface area contributed by atoms with Gasteiger partial charge in [-0.15, -0.1) is 0 Å². The molecule has 0 N–H and O–H groups in total. The molecule has 6 aromatic carbocycles. The molecule has 0 radical (unpaired) electrons. The number of nitrogens with zero attached hydrogens (tertiary/aromatic N) is 1. The number of para-hydroxylation sites is 4. The van der Waals surface area contributed by atoms with Crippen LogP contribution in [0.5, 0.6) is 0 Å². The lowest BCUT2D eigenvalue weighted by Gasteiger charge is -2.32. The molecule has 49 heavy (non-hydrogen) atoms. The fraction of sp³-hybridized carbons (Fsp3) is 0.140. The summed E-state index contributed by atoms with van der Waals surface area (Å²) in [5, 5.41) is 7.51. The summed E-state index contributed by atoms with van der Waals surface area (Å²) in [7, 11) is -0.438. The fourth-order valence-electron chi connectivity index (χ4n) is 7.53. The molecule has 1 aliphatic heterocycles. The van der Waals surface area contributed by atoms with Gasteiger partial charge in [0.1, 0.15) is 22.3 Å². The monoisotopic (exact) mass is 637 g/mol. The molecule has 3 aromatic heterocycles. The summed E-state index contributed by atoms with van der Waals surface area (Å²) in [5.74, 6) is 0. The predicted molar refractivity (Wildman–Crippen MR) is 200 cm³/mol. The van der Waals surface area contributed by atoms with Crippen LogP contribution >= 0.6 is 0 Å². The molecule has 0 atom stereocenters. The maximum atomic E-state index is 6.67. The average Bonchev–Trinajstić information content (AvgIpc) is 3.75. The minimum Gasteiger partial charge on any atom is -0.456 e. The Labute approximate surface area is 283 Å². The van der Waals surface area contributed by atoms with Crippen molar-refractivity contribution >= 4 is 78.1 Å². The molecule has 236 valence electrons. The van der Waals surface area contributed by atoms with E-state index in [2.05, 4.69) is 125 Å². The molecule has 0 spiro atoms. The van der Waals surface area contributed by atoms with Gasteiger partial charge in [-0.1, -0.05) is 97.1 Å². The van der Waals surface area contributed by atoms with Crippen molar-refractivity contribution in [3.05, 3.63) is 121 Å². The Kier molecular flexibility index (Phi) is 5.86. The molecule has 0 bridgehead atoms. The van der Waals surface area contributed by atoms with Crippen LogP contribution in [0.3, 0.4) is 0 Å². The summed E-state index contributed by atoms with van der Waals surface area (Å²) in [6.07, 6.45) is 0. The van der Waals surface area contributed by atoms with Crippen LogP contribution in [0.15, 0.2) is 130 Å². The lowest BCUT2D eigenvalue weighted by molar-refractivity contribution is 0.00578. The van der Waals surface area contributed by atoms with Crippen LogP contribution in [0, 0.1) is 0 Å². The van der Waals surface area contributed by atoms with Crippen LogP contribution < -0.4 is 5.46 Å². The minimum absolute atomic E-state index is 0.413. The second-order valence-electron chi connectivity index (χ2n) is 14.1. The molecule has 0 aliphatic carbocycles. The van der Waals surface area contributed by atoms with Gasteiger partial charge < -0.3 is 18.1 Å². The first-order valence-electron chi connectivity index (χ1n) is 16.8. The van der Waals surface area contributed by atoms with Gasteiger partial charge in [0.25, 0.3) is 0 Å². The van der Waals surface area contributed by atoms with Gasteiger partial charge in [0.15, 0.2) is 0 Å². The van der Waals surface area contributed by atoms with Gasteiger partial charge in [-0.2, -0.15) is 0 Å². The zero-order chi connectivity index (χ0) is 33.1. The quantitative estimate of drug-likeness (QED) is 0.143. The Hall–Kier alpha value is -5.43. The molecule has 1 fully saturated rings. The van der Waals surface area contributed by atoms with E-state index in [-0.39, 0.29) is 0 Å². The van der Waals surface area contributed by atoms with E-state index in [4.69, 9.17) is 23.1 Å². The van der Waals surface area contributed by atoms with E-state index in [0.29, 0.717) is 0 Å². The minimum atomic E-state index is -0.438. The van der Waals surface area contributed by atoms with Gasteiger partial charge >= 0.3 is 7.12 Å². The number of aromatic nitrogens is 1. The Morgan fingerprint density at radius 3 is 1.92 bits per heavy atom. The van der Waals surface area contributed by atoms with E-state index in [9.17, 15) is 0 Å². The molecule has 10 rings (SSSR count). The molecule has 0 amide bonds. The van der Waals surface area contributed by atoms with Crippen LogP contribution in [-0.4, -0.2) is 23.3 Å². The van der Waals surface area contributed by atoms with E-state index in [0.717, 1.165) is 93.4 Å². The molecule has 9 aromatic rings. The van der Waals surface area contributed by atoms with Crippen molar-refractivity contribution in [2.45, 2.75) is 38.9 Å². The predicted octanol–water partition coefficient (Wildman–Crippen LogP) is 10.8. The number of hydrogen-bond acceptors (Lipinski definition) is 5. The number of fused-ring (bicyclic) bond motifs is 9. The summed E-state index contributed by atoms with van der Waals surface area (Å²) >= 11 is 0. The van der Waals surface area contributed by atoms with Gasteiger partial charge in [0.05, 0.1) is 22.4 Å². The van der Waals surface area contributed by atoms with Crippen LogP contribution in [0.1, 0.15) is 27.7 Å². The van der Waals surface area contributed by atoms with E-state index in [1.807, 2.05) is 24.3 Å². The number of rotatable bonds is 3. The highest BCUT2D eigenvalue weighted by Crippen LogP contribution is 2.48. The molecular weight excluding hydrogens is 605 g/mol. The number of furan rings is 2. The standard InChI is InChI=1S/C43H32BNO4/c1-42(2)43(3,4)49-44(48-42)26-22-20-25(21-23-26)40-32-24-36-38(30-14-7-10-19-35(30)46-36)39(37(32)29-13-5-8-17-33(29)45-40)31-16-11-15-28-27-12-6-9-18-34(27)47-41(28)31/h5-24H,1-4H3. The largest absolute Gasteiger partial charge is 0.494 e. The van der Waals surface area contributed by atoms with Crippen LogP contribution in [-0.2, 0) is 9.31 Å². The maximum Gasteiger partial charge on any atom is 0.494 e. The molecular formula is C43H32BNO4. The van der Waals surface area contributed by atoms with Crippen molar-refractivity contribution < 1.29 is 18.1 Å². The lowest BCUT2D eigenvalue weighted by atomic mass is 9.78. The topological polar surface area (TPSA) is 57.6 Å². The first-order valence-corrected chi connectivity index (χ1v) is 16.8. The first kappa shape index (κ1) is 28.6. The van der Waals surface area contributed by atoms with Crippen LogP contribution in [0.2, 0.25) is 0 Å². The van der Waals surface area contributed by atoms with Gasteiger partial charge in [-0.25, -0.2) is 4.98 Å². The van der Waals surface area contributed by atoms with Crippen LogP contribution in [0.25, 0.3) is 87.9 Å². The molecule has 1 aliphatic rings. The van der Waals surface area contributed by atoms with Crippen molar-refractivity contribution in [2.24, 2.45) is 0 Å². The molecule has 0 saturated carbocycles. The second-order valence-corrected chi connectivity index (χ2v) is 14.1. The molecule has 0 unspecified atom stereocenters. The van der Waals surface area contributed by atoms with Crippen molar-refractivity contribution in [1.82, 2.24) is 4.98 Å². The Morgan fingerprint density at radius 2 is 1.16 bits per heavy atom. The third kappa shape index (κ3) is 4.11. The SMILES string of the molecule is CC1(C)OB(c2ccc(-c3nc4ccccc4c4c(-c5cccc6c5oc5ccccc56)c5c(cc34)oc3ccccc35)cc2)OC1(C)C. The highest BCUT2D eigenvalue weighted by Gasteiger charge is 2.51. The zero-order valence-electron chi connectivity index (χ0n) is 27.7. The van der Waals surface area contributed by atoms with Crippen molar-refractivity contribution in [1.29, 1.82) is 0 Å². The van der Waals surface area contributed by atoms with E-state index >= 15 is 0 Å².